The second-order valence-electron chi connectivity index (χ2n) is 5.16. The highest BCUT2D eigenvalue weighted by Gasteiger charge is 2.12. The zero-order valence-electron chi connectivity index (χ0n) is 11.4. The molecule has 0 spiro atoms. The van der Waals surface area contributed by atoms with Crippen LogP contribution in [-0.2, 0) is 6.42 Å². The molecule has 0 aliphatic heterocycles. The zero-order valence-corrected chi connectivity index (χ0v) is 11.4. The minimum absolute atomic E-state index is 0.291. The molecule has 0 aliphatic rings. The number of aryl methyl sites for hydroxylation is 1. The van der Waals surface area contributed by atoms with E-state index < -0.39 is 0 Å². The Balaban J connectivity index is 2.01. The first-order valence-corrected chi connectivity index (χ1v) is 6.67. The molecule has 0 radical (unpaired) electrons. The molecular weight excluding hydrogens is 240 g/mol. The van der Waals surface area contributed by atoms with E-state index in [1.54, 1.807) is 4.68 Å². The van der Waals surface area contributed by atoms with E-state index in [4.69, 9.17) is 0 Å². The van der Waals surface area contributed by atoms with Gasteiger partial charge in [-0.3, -0.25) is 0 Å². The number of tetrazole rings is 1. The van der Waals surface area contributed by atoms with Crippen LogP contribution in [0, 0.1) is 5.92 Å². The molecule has 0 saturated carbocycles. The van der Waals surface area contributed by atoms with Gasteiger partial charge in [0.1, 0.15) is 0 Å². The molecule has 1 unspecified atom stereocenters. The van der Waals surface area contributed by atoms with E-state index in [0.29, 0.717) is 18.8 Å². The van der Waals surface area contributed by atoms with Crippen LogP contribution in [0.25, 0.3) is 5.69 Å². The summed E-state index contributed by atoms with van der Waals surface area (Å²) in [5.41, 5.74) is 0.945. The number of nitrogens with zero attached hydrogens (tertiary/aromatic N) is 4. The van der Waals surface area contributed by atoms with E-state index in [1.807, 2.05) is 30.3 Å². The maximum atomic E-state index is 9.90. The number of aliphatic hydroxyl groups excluding tert-OH is 1. The molecular formula is C14H20N4O. The van der Waals surface area contributed by atoms with Crippen LogP contribution >= 0.6 is 0 Å². The van der Waals surface area contributed by atoms with Crippen LogP contribution in [-0.4, -0.2) is 31.4 Å². The summed E-state index contributed by atoms with van der Waals surface area (Å²) in [4.78, 5) is 0. The quantitative estimate of drug-likeness (QED) is 0.863. The van der Waals surface area contributed by atoms with Crippen LogP contribution in [0.15, 0.2) is 30.3 Å². The minimum Gasteiger partial charge on any atom is -0.393 e. The minimum atomic E-state index is -0.291. The summed E-state index contributed by atoms with van der Waals surface area (Å²) in [5.74, 6) is 1.29. The maximum absolute atomic E-state index is 9.90. The topological polar surface area (TPSA) is 63.8 Å². The van der Waals surface area contributed by atoms with E-state index in [9.17, 15) is 5.11 Å². The van der Waals surface area contributed by atoms with Gasteiger partial charge in [0, 0.05) is 6.42 Å². The third-order valence-corrected chi connectivity index (χ3v) is 2.98. The first kappa shape index (κ1) is 13.7. The monoisotopic (exact) mass is 260 g/mol. The summed E-state index contributed by atoms with van der Waals surface area (Å²) in [5, 5.41) is 21.7. The molecule has 19 heavy (non-hydrogen) atoms. The standard InChI is InChI=1S/C14H20N4O/c1-11(2)10-13(19)8-9-14-15-16-17-18(14)12-6-4-3-5-7-12/h3-7,11,13,19H,8-10H2,1-2H3. The lowest BCUT2D eigenvalue weighted by Crippen LogP contribution is -2.13. The van der Waals surface area contributed by atoms with E-state index in [1.165, 1.54) is 0 Å². The molecule has 1 aromatic carbocycles. The fourth-order valence-electron chi connectivity index (χ4n) is 2.09. The summed E-state index contributed by atoms with van der Waals surface area (Å²) in [6.45, 7) is 4.22. The first-order valence-electron chi connectivity index (χ1n) is 6.67. The van der Waals surface area contributed by atoms with Gasteiger partial charge in [0.15, 0.2) is 5.82 Å². The van der Waals surface area contributed by atoms with Crippen molar-refractivity contribution >= 4 is 0 Å². The molecule has 1 heterocycles. The molecule has 2 rings (SSSR count). The highest BCUT2D eigenvalue weighted by atomic mass is 16.3. The number of hydrogen-bond donors (Lipinski definition) is 1. The van der Waals surface area contributed by atoms with Crippen LogP contribution in [0.4, 0.5) is 0 Å². The summed E-state index contributed by atoms with van der Waals surface area (Å²) in [6, 6.07) is 9.79. The molecule has 0 amide bonds. The third kappa shape index (κ3) is 3.86. The van der Waals surface area contributed by atoms with E-state index in [2.05, 4.69) is 29.4 Å². The van der Waals surface area contributed by atoms with Crippen LogP contribution < -0.4 is 0 Å². The van der Waals surface area contributed by atoms with Gasteiger partial charge in [-0.1, -0.05) is 32.0 Å². The Bertz CT molecular complexity index is 495. The molecule has 0 aliphatic carbocycles. The van der Waals surface area contributed by atoms with Gasteiger partial charge < -0.3 is 5.11 Å². The molecule has 1 atom stereocenters. The van der Waals surface area contributed by atoms with Crippen molar-refractivity contribution < 1.29 is 5.11 Å². The van der Waals surface area contributed by atoms with Gasteiger partial charge in [-0.25, -0.2) is 0 Å². The van der Waals surface area contributed by atoms with E-state index >= 15 is 0 Å². The van der Waals surface area contributed by atoms with E-state index in [0.717, 1.165) is 17.9 Å². The molecule has 0 bridgehead atoms. The lowest BCUT2D eigenvalue weighted by atomic mass is 10.0. The number of hydrogen-bond acceptors (Lipinski definition) is 4. The molecule has 102 valence electrons. The Hall–Kier alpha value is -1.75. The fraction of sp³-hybridized carbons (Fsp3) is 0.500. The number of rotatable bonds is 6. The van der Waals surface area contributed by atoms with Crippen molar-refractivity contribution in [3.8, 4) is 5.69 Å². The highest BCUT2D eigenvalue weighted by Crippen LogP contribution is 2.12. The highest BCUT2D eigenvalue weighted by molar-refractivity contribution is 5.30. The van der Waals surface area contributed by atoms with Gasteiger partial charge in [-0.2, -0.15) is 4.68 Å². The Labute approximate surface area is 113 Å². The van der Waals surface area contributed by atoms with Crippen molar-refractivity contribution in [2.45, 2.75) is 39.2 Å². The molecule has 0 fully saturated rings. The molecule has 1 N–H and O–H groups in total. The lowest BCUT2D eigenvalue weighted by Gasteiger charge is -2.12. The third-order valence-electron chi connectivity index (χ3n) is 2.98. The Morgan fingerprint density at radius 2 is 1.95 bits per heavy atom. The largest absolute Gasteiger partial charge is 0.393 e. The number of benzene rings is 1. The van der Waals surface area contributed by atoms with Crippen molar-refractivity contribution in [2.24, 2.45) is 5.92 Å². The van der Waals surface area contributed by atoms with Crippen LogP contribution in [0.2, 0.25) is 0 Å². The molecule has 5 heteroatoms. The predicted molar refractivity (Wildman–Crippen MR) is 72.9 cm³/mol. The fourth-order valence-corrected chi connectivity index (χ4v) is 2.09. The van der Waals surface area contributed by atoms with Crippen molar-refractivity contribution in [2.75, 3.05) is 0 Å². The molecule has 2 aromatic rings. The van der Waals surface area contributed by atoms with Gasteiger partial charge in [-0.15, -0.1) is 5.10 Å². The van der Waals surface area contributed by atoms with Gasteiger partial charge in [-0.05, 0) is 41.3 Å². The van der Waals surface area contributed by atoms with Crippen LogP contribution in [0.1, 0.15) is 32.5 Å². The molecule has 5 nitrogen and oxygen atoms in total. The number of aromatic nitrogens is 4. The second-order valence-corrected chi connectivity index (χ2v) is 5.16. The summed E-state index contributed by atoms with van der Waals surface area (Å²) >= 11 is 0. The Morgan fingerprint density at radius 1 is 1.21 bits per heavy atom. The normalized spacial score (nSPS) is 12.8. The SMILES string of the molecule is CC(C)CC(O)CCc1nnnn1-c1ccccc1. The lowest BCUT2D eigenvalue weighted by molar-refractivity contribution is 0.139. The number of aliphatic hydroxyl groups is 1. The molecule has 1 aromatic heterocycles. The maximum Gasteiger partial charge on any atom is 0.156 e. The van der Waals surface area contributed by atoms with Crippen LogP contribution in [0.3, 0.4) is 0 Å². The summed E-state index contributed by atoms with van der Waals surface area (Å²) in [7, 11) is 0. The average molecular weight is 260 g/mol. The first-order chi connectivity index (χ1) is 9.16. The van der Waals surface area contributed by atoms with Gasteiger partial charge >= 0.3 is 0 Å². The second kappa shape index (κ2) is 6.43. The van der Waals surface area contributed by atoms with Crippen molar-refractivity contribution in [3.63, 3.8) is 0 Å². The summed E-state index contributed by atoms with van der Waals surface area (Å²) in [6.07, 6.45) is 1.88. The smallest absolute Gasteiger partial charge is 0.156 e. The van der Waals surface area contributed by atoms with Gasteiger partial charge in [0.25, 0.3) is 0 Å². The van der Waals surface area contributed by atoms with Crippen molar-refractivity contribution in [1.82, 2.24) is 20.2 Å². The zero-order chi connectivity index (χ0) is 13.7. The average Bonchev–Trinajstić information content (AvgIpc) is 2.85. The van der Waals surface area contributed by atoms with Gasteiger partial charge in [0.05, 0.1) is 11.8 Å². The van der Waals surface area contributed by atoms with Gasteiger partial charge in [0.2, 0.25) is 0 Å². The predicted octanol–water partition coefficient (Wildman–Crippen LogP) is 2.00. The van der Waals surface area contributed by atoms with Crippen molar-refractivity contribution in [3.05, 3.63) is 36.2 Å². The summed E-state index contributed by atoms with van der Waals surface area (Å²) < 4.78 is 1.72. The Morgan fingerprint density at radius 3 is 2.63 bits per heavy atom. The van der Waals surface area contributed by atoms with Crippen molar-refractivity contribution in [1.29, 1.82) is 0 Å². The number of para-hydroxylation sites is 1. The molecule has 0 saturated heterocycles. The Kier molecular flexibility index (Phi) is 4.63. The van der Waals surface area contributed by atoms with Crippen LogP contribution in [0.5, 0.6) is 0 Å². The van der Waals surface area contributed by atoms with E-state index in [-0.39, 0.29) is 6.10 Å².